The Labute approximate surface area is 109 Å². The van der Waals surface area contributed by atoms with Crippen molar-refractivity contribution >= 4 is 11.8 Å². The van der Waals surface area contributed by atoms with Gasteiger partial charge in [-0.15, -0.1) is 11.8 Å². The molecule has 18 heavy (non-hydrogen) atoms. The second-order valence-corrected chi connectivity index (χ2v) is 5.78. The van der Waals surface area contributed by atoms with E-state index >= 15 is 0 Å². The molecule has 100 valence electrons. The third-order valence-corrected chi connectivity index (χ3v) is 4.48. The summed E-state index contributed by atoms with van der Waals surface area (Å²) in [5.74, 6) is 0.138. The molecule has 0 aromatic rings. The van der Waals surface area contributed by atoms with Crippen molar-refractivity contribution in [2.24, 2.45) is 11.8 Å². The zero-order valence-electron chi connectivity index (χ0n) is 9.91. The molecule has 0 aliphatic heterocycles. The second-order valence-electron chi connectivity index (χ2n) is 4.53. The molecule has 6 heteroatoms. The van der Waals surface area contributed by atoms with Crippen LogP contribution < -0.4 is 0 Å². The van der Waals surface area contributed by atoms with Gasteiger partial charge in [0.05, 0.1) is 23.8 Å². The number of rotatable bonds is 4. The fraction of sp³-hybridized carbons (Fsp3) is 0.833. The number of thioether (sulfide) groups is 1. The van der Waals surface area contributed by atoms with Gasteiger partial charge in [-0.1, -0.05) is 0 Å². The molecule has 0 spiro atoms. The number of hydrogen-bond donors (Lipinski definition) is 0. The van der Waals surface area contributed by atoms with E-state index in [9.17, 15) is 13.2 Å². The van der Waals surface area contributed by atoms with Crippen molar-refractivity contribution < 1.29 is 13.2 Å². The highest BCUT2D eigenvalue weighted by molar-refractivity contribution is 8.00. The maximum absolute atomic E-state index is 12.0. The summed E-state index contributed by atoms with van der Waals surface area (Å²) in [5, 5.41) is 17.4. The predicted molar refractivity (Wildman–Crippen MR) is 63.6 cm³/mol. The Morgan fingerprint density at radius 1 is 1.17 bits per heavy atom. The lowest BCUT2D eigenvalue weighted by Gasteiger charge is -2.27. The van der Waals surface area contributed by atoms with Crippen molar-refractivity contribution in [1.29, 1.82) is 10.5 Å². The van der Waals surface area contributed by atoms with E-state index in [-0.39, 0.29) is 22.8 Å². The first-order valence-corrected chi connectivity index (χ1v) is 6.98. The zero-order chi connectivity index (χ0) is 13.6. The molecule has 1 aliphatic rings. The molecule has 1 unspecified atom stereocenters. The van der Waals surface area contributed by atoms with Crippen LogP contribution in [-0.2, 0) is 0 Å². The van der Waals surface area contributed by atoms with Crippen LogP contribution >= 0.6 is 11.8 Å². The van der Waals surface area contributed by atoms with Crippen LogP contribution in [0.2, 0.25) is 0 Å². The van der Waals surface area contributed by atoms with Crippen LogP contribution in [0.4, 0.5) is 13.2 Å². The lowest BCUT2D eigenvalue weighted by molar-refractivity contribution is -0.129. The van der Waals surface area contributed by atoms with E-state index in [0.717, 1.165) is 37.4 Å². The molecule has 0 heterocycles. The zero-order valence-corrected chi connectivity index (χ0v) is 10.7. The average Bonchev–Trinajstić information content (AvgIpc) is 2.34. The minimum Gasteiger partial charge on any atom is -0.198 e. The number of halogens is 3. The molecule has 1 fully saturated rings. The molecule has 0 aromatic heterocycles. The first-order valence-electron chi connectivity index (χ1n) is 5.94. The van der Waals surface area contributed by atoms with Gasteiger partial charge in [0.1, 0.15) is 0 Å². The van der Waals surface area contributed by atoms with Crippen molar-refractivity contribution in [3.8, 4) is 12.1 Å². The Balaban J connectivity index is 2.34. The molecule has 0 radical (unpaired) electrons. The van der Waals surface area contributed by atoms with Crippen LogP contribution in [0.1, 0.15) is 32.1 Å². The molecule has 0 amide bonds. The summed E-state index contributed by atoms with van der Waals surface area (Å²) in [6, 6.07) is 4.31. The third kappa shape index (κ3) is 5.18. The molecule has 0 aromatic carbocycles. The fourth-order valence-corrected chi connectivity index (χ4v) is 3.35. The highest BCUT2D eigenvalue weighted by atomic mass is 32.2. The molecule has 1 rings (SSSR count). The van der Waals surface area contributed by atoms with Crippen molar-refractivity contribution in [2.75, 3.05) is 5.75 Å². The normalized spacial score (nSPS) is 26.1. The Hall–Kier alpha value is -0.880. The highest BCUT2D eigenvalue weighted by Gasteiger charge is 2.30. The quantitative estimate of drug-likeness (QED) is 0.782. The van der Waals surface area contributed by atoms with Gasteiger partial charge in [-0.25, -0.2) is 0 Å². The predicted octanol–water partition coefficient (Wildman–Crippen LogP) is 3.89. The Bertz CT molecular complexity index is 335. The summed E-state index contributed by atoms with van der Waals surface area (Å²) in [6.07, 6.45) is -1.92. The number of nitrogens with zero attached hydrogens (tertiary/aromatic N) is 2. The highest BCUT2D eigenvalue weighted by Crippen LogP contribution is 2.36. The molecule has 1 saturated carbocycles. The summed E-state index contributed by atoms with van der Waals surface area (Å²) in [5.41, 5.74) is 0. The van der Waals surface area contributed by atoms with Crippen molar-refractivity contribution in [3.05, 3.63) is 0 Å². The number of hydrogen-bond acceptors (Lipinski definition) is 3. The van der Waals surface area contributed by atoms with E-state index in [1.54, 1.807) is 0 Å². The van der Waals surface area contributed by atoms with Crippen LogP contribution in [0.5, 0.6) is 0 Å². The monoisotopic (exact) mass is 276 g/mol. The topological polar surface area (TPSA) is 47.6 Å². The van der Waals surface area contributed by atoms with Crippen LogP contribution in [0, 0.1) is 34.5 Å². The summed E-state index contributed by atoms with van der Waals surface area (Å²) < 4.78 is 36.1. The van der Waals surface area contributed by atoms with Gasteiger partial charge in [0, 0.05) is 11.7 Å². The Morgan fingerprint density at radius 3 is 2.22 bits per heavy atom. The SMILES string of the molecule is N#CC1CCC(C(C#N)SCCC(F)(F)F)CC1. The fourth-order valence-electron chi connectivity index (χ4n) is 2.13. The summed E-state index contributed by atoms with van der Waals surface area (Å²) in [7, 11) is 0. The lowest BCUT2D eigenvalue weighted by Crippen LogP contribution is -2.23. The number of alkyl halides is 3. The molecule has 1 aliphatic carbocycles. The van der Waals surface area contributed by atoms with E-state index in [4.69, 9.17) is 10.5 Å². The molecule has 2 nitrogen and oxygen atoms in total. The first kappa shape index (κ1) is 15.2. The van der Waals surface area contributed by atoms with Crippen LogP contribution in [0.3, 0.4) is 0 Å². The van der Waals surface area contributed by atoms with Gasteiger partial charge in [0.25, 0.3) is 0 Å². The molecule has 1 atom stereocenters. The summed E-state index contributed by atoms with van der Waals surface area (Å²) in [6.45, 7) is 0. The van der Waals surface area contributed by atoms with Gasteiger partial charge in [-0.05, 0) is 31.6 Å². The molecular weight excluding hydrogens is 261 g/mol. The smallest absolute Gasteiger partial charge is 0.198 e. The van der Waals surface area contributed by atoms with E-state index < -0.39 is 12.6 Å². The molecular formula is C12H15F3N2S. The van der Waals surface area contributed by atoms with Crippen molar-refractivity contribution in [2.45, 2.75) is 43.5 Å². The van der Waals surface area contributed by atoms with Crippen LogP contribution in [-0.4, -0.2) is 17.2 Å². The minimum atomic E-state index is -4.15. The summed E-state index contributed by atoms with van der Waals surface area (Å²) >= 11 is 1.10. The second kappa shape index (κ2) is 6.89. The number of nitriles is 2. The van der Waals surface area contributed by atoms with Gasteiger partial charge in [-0.3, -0.25) is 0 Å². The van der Waals surface area contributed by atoms with Crippen LogP contribution in [0.15, 0.2) is 0 Å². The summed E-state index contributed by atoms with van der Waals surface area (Å²) in [4.78, 5) is 0. The maximum Gasteiger partial charge on any atom is 0.389 e. The largest absolute Gasteiger partial charge is 0.389 e. The maximum atomic E-state index is 12.0. The third-order valence-electron chi connectivity index (χ3n) is 3.19. The molecule has 0 saturated heterocycles. The van der Waals surface area contributed by atoms with Crippen LogP contribution in [0.25, 0.3) is 0 Å². The Kier molecular flexibility index (Phi) is 5.81. The minimum absolute atomic E-state index is 0.0556. The molecule has 0 N–H and O–H groups in total. The van der Waals surface area contributed by atoms with Crippen molar-refractivity contribution in [3.63, 3.8) is 0 Å². The van der Waals surface area contributed by atoms with E-state index in [1.807, 2.05) is 0 Å². The van der Waals surface area contributed by atoms with Gasteiger partial charge >= 0.3 is 6.18 Å². The van der Waals surface area contributed by atoms with E-state index in [0.29, 0.717) is 0 Å². The first-order chi connectivity index (χ1) is 8.46. The van der Waals surface area contributed by atoms with Gasteiger partial charge < -0.3 is 0 Å². The van der Waals surface area contributed by atoms with E-state index in [2.05, 4.69) is 12.1 Å². The lowest BCUT2D eigenvalue weighted by atomic mass is 9.81. The molecule has 0 bridgehead atoms. The van der Waals surface area contributed by atoms with Gasteiger partial charge in [0.2, 0.25) is 0 Å². The average molecular weight is 276 g/mol. The standard InChI is InChI=1S/C12H15F3N2S/c13-12(14,15)5-6-18-11(8-17)10-3-1-9(7-16)2-4-10/h9-11H,1-6H2. The van der Waals surface area contributed by atoms with Gasteiger partial charge in [-0.2, -0.15) is 23.7 Å². The van der Waals surface area contributed by atoms with Gasteiger partial charge in [0.15, 0.2) is 0 Å². The van der Waals surface area contributed by atoms with E-state index in [1.165, 1.54) is 0 Å². The Morgan fingerprint density at radius 2 is 1.78 bits per heavy atom. The van der Waals surface area contributed by atoms with Crippen molar-refractivity contribution in [1.82, 2.24) is 0 Å².